The second kappa shape index (κ2) is 7.14. The molecule has 0 radical (unpaired) electrons. The van der Waals surface area contributed by atoms with Gasteiger partial charge in [-0.15, -0.1) is 0 Å². The molecule has 0 unspecified atom stereocenters. The van der Waals surface area contributed by atoms with Gasteiger partial charge in [0.05, 0.1) is 10.5 Å². The van der Waals surface area contributed by atoms with E-state index in [1.165, 1.54) is 16.4 Å². The minimum atomic E-state index is -3.79. The number of piperazine rings is 1. The molecular weight excluding hydrogens is 382 g/mol. The van der Waals surface area contributed by atoms with Crippen LogP contribution in [0.5, 0.6) is 11.5 Å². The maximum atomic E-state index is 12.9. The van der Waals surface area contributed by atoms with Gasteiger partial charge in [-0.1, -0.05) is 12.1 Å². The van der Waals surface area contributed by atoms with Crippen LogP contribution in [0.4, 0.5) is 0 Å². The summed E-state index contributed by atoms with van der Waals surface area (Å²) in [5.74, 6) is 0.941. The third kappa shape index (κ3) is 3.17. The number of nitriles is 1. The number of amides is 1. The zero-order chi connectivity index (χ0) is 19.7. The number of hydrogen-bond acceptors (Lipinski definition) is 6. The zero-order valence-corrected chi connectivity index (χ0v) is 15.7. The average molecular weight is 399 g/mol. The molecule has 9 heteroatoms. The van der Waals surface area contributed by atoms with Crippen molar-refractivity contribution in [2.75, 3.05) is 33.0 Å². The van der Waals surface area contributed by atoms with Gasteiger partial charge in [-0.25, -0.2) is 8.42 Å². The molecule has 0 aliphatic carbocycles. The van der Waals surface area contributed by atoms with Crippen molar-refractivity contribution in [2.24, 2.45) is 0 Å². The summed E-state index contributed by atoms with van der Waals surface area (Å²) < 4.78 is 37.6. The van der Waals surface area contributed by atoms with Gasteiger partial charge in [-0.3, -0.25) is 4.79 Å². The SMILES string of the molecule is N#Cc1ccccc1S(=O)(=O)N1CCN(C(=O)c2ccc3c(c2)OCO3)CC1. The van der Waals surface area contributed by atoms with Gasteiger partial charge in [-0.2, -0.15) is 9.57 Å². The van der Waals surface area contributed by atoms with Crippen LogP contribution >= 0.6 is 0 Å². The van der Waals surface area contributed by atoms with Crippen LogP contribution in [0, 0.1) is 11.3 Å². The third-order valence-corrected chi connectivity index (χ3v) is 6.73. The summed E-state index contributed by atoms with van der Waals surface area (Å²) in [6.07, 6.45) is 0. The topological polar surface area (TPSA) is 99.9 Å². The molecule has 8 nitrogen and oxygen atoms in total. The Morgan fingerprint density at radius 2 is 1.71 bits per heavy atom. The number of hydrogen-bond donors (Lipinski definition) is 0. The van der Waals surface area contributed by atoms with Crippen molar-refractivity contribution in [3.63, 3.8) is 0 Å². The minimum absolute atomic E-state index is 0.00644. The molecule has 2 heterocycles. The molecule has 1 saturated heterocycles. The normalized spacial score (nSPS) is 16.6. The molecule has 2 aliphatic rings. The Morgan fingerprint density at radius 3 is 2.46 bits per heavy atom. The summed E-state index contributed by atoms with van der Waals surface area (Å²) in [4.78, 5) is 14.3. The van der Waals surface area contributed by atoms with Gasteiger partial charge in [0.2, 0.25) is 16.8 Å². The lowest BCUT2D eigenvalue weighted by atomic mass is 10.1. The summed E-state index contributed by atoms with van der Waals surface area (Å²) in [6.45, 7) is 0.993. The number of sulfonamides is 1. The Labute approximate surface area is 162 Å². The third-order valence-electron chi connectivity index (χ3n) is 4.77. The standard InChI is InChI=1S/C19H17N3O5S/c20-12-15-3-1-2-4-18(15)28(24,25)22-9-7-21(8-10-22)19(23)14-5-6-16-17(11-14)27-13-26-16/h1-6,11H,7-10,13H2. The van der Waals surface area contributed by atoms with Gasteiger partial charge < -0.3 is 14.4 Å². The molecule has 0 aromatic heterocycles. The minimum Gasteiger partial charge on any atom is -0.454 e. The van der Waals surface area contributed by atoms with E-state index in [1.54, 1.807) is 35.2 Å². The van der Waals surface area contributed by atoms with Crippen LogP contribution in [0.1, 0.15) is 15.9 Å². The summed E-state index contributed by atoms with van der Waals surface area (Å²) in [5, 5.41) is 9.18. The lowest BCUT2D eigenvalue weighted by molar-refractivity contribution is 0.0697. The predicted molar refractivity (Wildman–Crippen MR) is 98.4 cm³/mol. The van der Waals surface area contributed by atoms with Crippen LogP contribution < -0.4 is 9.47 Å². The van der Waals surface area contributed by atoms with Crippen LogP contribution in [0.2, 0.25) is 0 Å². The quantitative estimate of drug-likeness (QED) is 0.774. The van der Waals surface area contributed by atoms with Crippen molar-refractivity contribution in [1.82, 2.24) is 9.21 Å². The Morgan fingerprint density at radius 1 is 1.00 bits per heavy atom. The first-order valence-corrected chi connectivity index (χ1v) is 10.1. The molecule has 2 aromatic carbocycles. The number of carbonyl (C=O) groups excluding carboxylic acids is 1. The fraction of sp³-hybridized carbons (Fsp3) is 0.263. The van der Waals surface area contributed by atoms with Crippen molar-refractivity contribution in [2.45, 2.75) is 4.90 Å². The van der Waals surface area contributed by atoms with E-state index in [-0.39, 0.29) is 49.3 Å². The molecule has 2 aliphatic heterocycles. The molecule has 1 fully saturated rings. The Bertz CT molecular complexity index is 1070. The predicted octanol–water partition coefficient (Wildman–Crippen LogP) is 1.43. The van der Waals surface area contributed by atoms with E-state index < -0.39 is 10.0 Å². The fourth-order valence-corrected chi connectivity index (χ4v) is 4.83. The molecule has 0 bridgehead atoms. The molecule has 0 saturated carbocycles. The van der Waals surface area contributed by atoms with Gasteiger partial charge in [-0.05, 0) is 30.3 Å². The number of benzene rings is 2. The van der Waals surface area contributed by atoms with Crippen molar-refractivity contribution in [1.29, 1.82) is 5.26 Å². The lowest BCUT2D eigenvalue weighted by Gasteiger charge is -2.34. The molecular formula is C19H17N3O5S. The van der Waals surface area contributed by atoms with Crippen molar-refractivity contribution >= 4 is 15.9 Å². The maximum absolute atomic E-state index is 12.9. The second-order valence-corrected chi connectivity index (χ2v) is 8.28. The van der Waals surface area contributed by atoms with Gasteiger partial charge in [0, 0.05) is 31.7 Å². The van der Waals surface area contributed by atoms with Crippen LogP contribution in [-0.4, -0.2) is 56.5 Å². The van der Waals surface area contributed by atoms with Crippen LogP contribution in [-0.2, 0) is 10.0 Å². The maximum Gasteiger partial charge on any atom is 0.254 e. The largest absolute Gasteiger partial charge is 0.454 e. The fourth-order valence-electron chi connectivity index (χ4n) is 3.27. The number of nitrogens with zero attached hydrogens (tertiary/aromatic N) is 3. The Kier molecular flexibility index (Phi) is 4.66. The molecule has 0 spiro atoms. The van der Waals surface area contributed by atoms with Crippen LogP contribution in [0.25, 0.3) is 0 Å². The van der Waals surface area contributed by atoms with Crippen molar-refractivity contribution in [3.8, 4) is 17.6 Å². The van der Waals surface area contributed by atoms with Crippen LogP contribution in [0.3, 0.4) is 0 Å². The second-order valence-electron chi connectivity index (χ2n) is 6.37. The number of fused-ring (bicyclic) bond motifs is 1. The highest BCUT2D eigenvalue weighted by Gasteiger charge is 2.32. The molecule has 2 aromatic rings. The van der Waals surface area contributed by atoms with Gasteiger partial charge in [0.1, 0.15) is 6.07 Å². The van der Waals surface area contributed by atoms with Crippen LogP contribution in [0.15, 0.2) is 47.4 Å². The first-order valence-electron chi connectivity index (χ1n) is 8.69. The van der Waals surface area contributed by atoms with Gasteiger partial charge >= 0.3 is 0 Å². The monoisotopic (exact) mass is 399 g/mol. The molecule has 0 atom stereocenters. The van der Waals surface area contributed by atoms with Crippen molar-refractivity contribution < 1.29 is 22.7 Å². The summed E-state index contributed by atoms with van der Waals surface area (Å²) >= 11 is 0. The molecule has 4 rings (SSSR count). The van der Waals surface area contributed by atoms with E-state index in [1.807, 2.05) is 6.07 Å². The summed E-state index contributed by atoms with van der Waals surface area (Å²) in [6, 6.07) is 13.0. The lowest BCUT2D eigenvalue weighted by Crippen LogP contribution is -2.50. The zero-order valence-electron chi connectivity index (χ0n) is 14.9. The highest BCUT2D eigenvalue weighted by Crippen LogP contribution is 2.33. The molecule has 144 valence electrons. The van der Waals surface area contributed by atoms with Gasteiger partial charge in [0.15, 0.2) is 11.5 Å². The van der Waals surface area contributed by atoms with Crippen molar-refractivity contribution in [3.05, 3.63) is 53.6 Å². The molecule has 0 N–H and O–H groups in total. The van der Waals surface area contributed by atoms with E-state index in [4.69, 9.17) is 9.47 Å². The highest BCUT2D eigenvalue weighted by molar-refractivity contribution is 7.89. The number of rotatable bonds is 3. The number of carbonyl (C=O) groups is 1. The number of ether oxygens (including phenoxy) is 2. The van der Waals surface area contributed by atoms with Gasteiger partial charge in [0.25, 0.3) is 5.91 Å². The summed E-state index contributed by atoms with van der Waals surface area (Å²) in [7, 11) is -3.79. The smallest absolute Gasteiger partial charge is 0.254 e. The first-order chi connectivity index (χ1) is 13.5. The molecule has 28 heavy (non-hydrogen) atoms. The Balaban J connectivity index is 1.47. The van der Waals surface area contributed by atoms with E-state index in [0.717, 1.165) is 0 Å². The van der Waals surface area contributed by atoms with E-state index >= 15 is 0 Å². The van der Waals surface area contributed by atoms with E-state index in [2.05, 4.69) is 0 Å². The first kappa shape index (κ1) is 18.3. The van der Waals surface area contributed by atoms with E-state index in [9.17, 15) is 18.5 Å². The van der Waals surface area contributed by atoms with E-state index in [0.29, 0.717) is 17.1 Å². The Hall–Kier alpha value is -3.09. The highest BCUT2D eigenvalue weighted by atomic mass is 32.2. The average Bonchev–Trinajstić information content (AvgIpc) is 3.21. The summed E-state index contributed by atoms with van der Waals surface area (Å²) in [5.41, 5.74) is 0.580. The molecule has 1 amide bonds.